The maximum atomic E-state index is 14.6. The Bertz CT molecular complexity index is 1300. The molecule has 40 heavy (non-hydrogen) atoms. The van der Waals surface area contributed by atoms with Gasteiger partial charge in [0.15, 0.2) is 11.6 Å². The number of allylic oxidation sites excluding steroid dienone is 4. The molecule has 0 aromatic carbocycles. The van der Waals surface area contributed by atoms with Crippen LogP contribution in [0.4, 0.5) is 4.79 Å². The Morgan fingerprint density at radius 1 is 1.00 bits per heavy atom. The van der Waals surface area contributed by atoms with Gasteiger partial charge in [0.25, 0.3) is 0 Å². The molecule has 1 saturated heterocycles. The van der Waals surface area contributed by atoms with E-state index in [1.165, 1.54) is 0 Å². The van der Waals surface area contributed by atoms with Crippen molar-refractivity contribution in [1.82, 2.24) is 4.90 Å². The lowest BCUT2D eigenvalue weighted by Gasteiger charge is -2.69. The fourth-order valence-corrected chi connectivity index (χ4v) is 10.9. The van der Waals surface area contributed by atoms with Crippen LogP contribution >= 0.6 is 0 Å². The third-order valence-corrected chi connectivity index (χ3v) is 13.4. The van der Waals surface area contributed by atoms with E-state index in [-0.39, 0.29) is 62.8 Å². The SMILES string of the molecule is [C-]#[N+]C1=C[C@]2(C)C3=CC(=O)[C@@H]4[C@@H]5CC(C)(C)CC[C@]5(CN5CCOC5=O)CC[C@@]4(C)[C@]3(C)CC[C@H]2C(C)(C)C1=O. The number of carbonyl (C=O) groups is 3. The minimum atomic E-state index is -0.647. The molecule has 0 bridgehead atoms. The van der Waals surface area contributed by atoms with Gasteiger partial charge in [0, 0.05) is 23.3 Å². The Morgan fingerprint density at radius 2 is 1.70 bits per heavy atom. The van der Waals surface area contributed by atoms with Crippen LogP contribution in [-0.2, 0) is 14.3 Å². The second kappa shape index (κ2) is 8.33. The lowest BCUT2D eigenvalue weighted by Crippen LogP contribution is -2.65. The van der Waals surface area contributed by atoms with E-state index >= 15 is 0 Å². The average molecular weight is 547 g/mol. The summed E-state index contributed by atoms with van der Waals surface area (Å²) in [6.07, 6.45) is 10.6. The molecule has 0 spiro atoms. The number of hydrogen-bond donors (Lipinski definition) is 0. The van der Waals surface area contributed by atoms with Crippen molar-refractivity contribution in [3.8, 4) is 0 Å². The number of rotatable bonds is 2. The van der Waals surface area contributed by atoms with Gasteiger partial charge in [0.05, 0.1) is 13.1 Å². The molecule has 0 aromatic rings. The lowest BCUT2D eigenvalue weighted by atomic mass is 9.34. The van der Waals surface area contributed by atoms with E-state index in [0.29, 0.717) is 19.7 Å². The smallest absolute Gasteiger partial charge is 0.409 e. The predicted molar refractivity (Wildman–Crippen MR) is 153 cm³/mol. The number of cyclic esters (lactones) is 1. The van der Waals surface area contributed by atoms with Crippen molar-refractivity contribution in [3.63, 3.8) is 0 Å². The Hall–Kier alpha value is -2.42. The van der Waals surface area contributed by atoms with Crippen LogP contribution in [0.15, 0.2) is 23.4 Å². The van der Waals surface area contributed by atoms with Crippen LogP contribution in [0.1, 0.15) is 93.4 Å². The van der Waals surface area contributed by atoms with Crippen LogP contribution in [0, 0.1) is 56.8 Å². The number of carbonyl (C=O) groups excluding carboxylic acids is 3. The third kappa shape index (κ3) is 3.42. The van der Waals surface area contributed by atoms with E-state index in [1.807, 2.05) is 30.9 Å². The van der Waals surface area contributed by atoms with Gasteiger partial charge in [-0.3, -0.25) is 4.79 Å². The summed E-state index contributed by atoms with van der Waals surface area (Å²) in [7, 11) is 0. The van der Waals surface area contributed by atoms with E-state index in [2.05, 4.69) is 39.5 Å². The summed E-state index contributed by atoms with van der Waals surface area (Å²) >= 11 is 0. The van der Waals surface area contributed by atoms with Crippen LogP contribution in [0.2, 0.25) is 0 Å². The summed E-state index contributed by atoms with van der Waals surface area (Å²) in [6.45, 7) is 25.2. The summed E-state index contributed by atoms with van der Waals surface area (Å²) in [5, 5.41) is 0. The van der Waals surface area contributed by atoms with Gasteiger partial charge < -0.3 is 14.4 Å². The summed E-state index contributed by atoms with van der Waals surface area (Å²) in [5.41, 5.74) is -0.148. The van der Waals surface area contributed by atoms with Crippen LogP contribution in [0.5, 0.6) is 0 Å². The molecule has 0 aromatic heterocycles. The topological polar surface area (TPSA) is 68.0 Å². The molecule has 6 nitrogen and oxygen atoms in total. The highest BCUT2D eigenvalue weighted by Crippen LogP contribution is 2.74. The monoisotopic (exact) mass is 546 g/mol. The summed E-state index contributed by atoms with van der Waals surface area (Å²) < 4.78 is 5.32. The maximum absolute atomic E-state index is 14.6. The molecule has 1 heterocycles. The number of ketones is 2. The zero-order valence-electron chi connectivity index (χ0n) is 25.5. The van der Waals surface area contributed by atoms with Gasteiger partial charge in [-0.25, -0.2) is 9.64 Å². The Labute approximate surface area is 239 Å². The summed E-state index contributed by atoms with van der Waals surface area (Å²) in [6, 6.07) is 0. The molecule has 3 saturated carbocycles. The van der Waals surface area contributed by atoms with E-state index in [0.717, 1.165) is 50.5 Å². The zero-order chi connectivity index (χ0) is 29.1. The molecule has 1 aliphatic heterocycles. The second-order valence-electron chi connectivity index (χ2n) is 16.1. The predicted octanol–water partition coefficient (Wildman–Crippen LogP) is 7.01. The van der Waals surface area contributed by atoms with E-state index in [1.54, 1.807) is 0 Å². The van der Waals surface area contributed by atoms with Gasteiger partial charge in [0.2, 0.25) is 5.70 Å². The highest BCUT2D eigenvalue weighted by molar-refractivity contribution is 6.03. The first-order valence-corrected chi connectivity index (χ1v) is 15.4. The van der Waals surface area contributed by atoms with Crippen molar-refractivity contribution in [2.24, 2.45) is 50.2 Å². The number of Topliss-reactive ketones (excluding diaryl/α,β-unsaturated/α-hetero) is 1. The summed E-state index contributed by atoms with van der Waals surface area (Å²) in [5.74, 6) is 0.321. The highest BCUT2D eigenvalue weighted by atomic mass is 16.6. The van der Waals surface area contributed by atoms with Crippen LogP contribution < -0.4 is 0 Å². The van der Waals surface area contributed by atoms with Gasteiger partial charge >= 0.3 is 6.09 Å². The van der Waals surface area contributed by atoms with Gasteiger partial charge in [0.1, 0.15) is 6.61 Å². The van der Waals surface area contributed by atoms with Crippen molar-refractivity contribution in [3.05, 3.63) is 34.8 Å². The first kappa shape index (κ1) is 27.7. The van der Waals surface area contributed by atoms with Crippen molar-refractivity contribution in [2.75, 3.05) is 19.7 Å². The normalized spacial score (nSPS) is 45.2. The van der Waals surface area contributed by atoms with Gasteiger partial charge in [-0.05, 0) is 84.5 Å². The van der Waals surface area contributed by atoms with Crippen LogP contribution in [-0.4, -0.2) is 42.3 Å². The van der Waals surface area contributed by atoms with Crippen LogP contribution in [0.3, 0.4) is 0 Å². The van der Waals surface area contributed by atoms with E-state index in [9.17, 15) is 14.4 Å². The fraction of sp³-hybridized carbons (Fsp3) is 0.765. The molecule has 0 unspecified atom stereocenters. The van der Waals surface area contributed by atoms with Crippen LogP contribution in [0.25, 0.3) is 4.85 Å². The largest absolute Gasteiger partial charge is 0.448 e. The number of fused-ring (bicyclic) bond motifs is 7. The van der Waals surface area contributed by atoms with Gasteiger partial charge in [-0.2, -0.15) is 0 Å². The molecular formula is C34H46N2O4. The number of hydrogen-bond acceptors (Lipinski definition) is 4. The molecule has 6 aliphatic rings. The molecule has 7 atom stereocenters. The zero-order valence-corrected chi connectivity index (χ0v) is 25.5. The highest BCUT2D eigenvalue weighted by Gasteiger charge is 2.69. The molecule has 5 aliphatic carbocycles. The molecule has 0 radical (unpaired) electrons. The lowest BCUT2D eigenvalue weighted by molar-refractivity contribution is -0.173. The van der Waals surface area contributed by atoms with Gasteiger partial charge in [-0.1, -0.05) is 60.1 Å². The molecule has 6 heteroatoms. The molecule has 1 amide bonds. The van der Waals surface area contributed by atoms with Crippen molar-refractivity contribution in [2.45, 2.75) is 93.4 Å². The molecule has 4 fully saturated rings. The Balaban J connectivity index is 1.48. The quantitative estimate of drug-likeness (QED) is 0.349. The molecule has 0 N–H and O–H groups in total. The first-order chi connectivity index (χ1) is 18.5. The average Bonchev–Trinajstić information content (AvgIpc) is 3.27. The standard InChI is InChI=1S/C34H46N2O4/c1-29(2)11-13-34(20-36-15-16-40-28(36)39)14-12-33(7)26(21(34)18-29)23(37)17-25-31(5)19-22(35-8)27(38)30(3,4)24(31)9-10-32(25,33)6/h17,19,21,24,26H,9-16,18,20H2,1-7H3/t21-,24-,26-,31-,32+,33+,34+/m0/s1. The van der Waals surface area contributed by atoms with Crippen molar-refractivity contribution >= 4 is 17.7 Å². The first-order valence-electron chi connectivity index (χ1n) is 15.4. The number of nitrogens with zero attached hydrogens (tertiary/aromatic N) is 2. The molecular weight excluding hydrogens is 500 g/mol. The second-order valence-corrected chi connectivity index (χ2v) is 16.1. The number of ether oxygens (including phenoxy) is 1. The Kier molecular flexibility index (Phi) is 5.77. The molecule has 216 valence electrons. The van der Waals surface area contributed by atoms with Crippen molar-refractivity contribution < 1.29 is 19.1 Å². The summed E-state index contributed by atoms with van der Waals surface area (Å²) in [4.78, 5) is 46.0. The Morgan fingerprint density at radius 3 is 2.35 bits per heavy atom. The van der Waals surface area contributed by atoms with Crippen molar-refractivity contribution in [1.29, 1.82) is 0 Å². The van der Waals surface area contributed by atoms with E-state index in [4.69, 9.17) is 11.3 Å². The fourth-order valence-electron chi connectivity index (χ4n) is 10.9. The third-order valence-electron chi connectivity index (χ3n) is 13.4. The minimum Gasteiger partial charge on any atom is -0.448 e. The number of amides is 1. The molecule has 6 rings (SSSR count). The maximum Gasteiger partial charge on any atom is 0.409 e. The van der Waals surface area contributed by atoms with E-state index < -0.39 is 10.8 Å². The van der Waals surface area contributed by atoms with Gasteiger partial charge in [-0.15, -0.1) is 0 Å². The minimum absolute atomic E-state index is 0.0581.